The third-order valence-corrected chi connectivity index (χ3v) is 3.24. The van der Waals surface area contributed by atoms with Gasteiger partial charge >= 0.3 is 5.97 Å². The van der Waals surface area contributed by atoms with Crippen LogP contribution >= 0.6 is 0 Å². The van der Waals surface area contributed by atoms with Crippen molar-refractivity contribution >= 4 is 11.9 Å². The van der Waals surface area contributed by atoms with Gasteiger partial charge in [0, 0.05) is 18.7 Å². The van der Waals surface area contributed by atoms with Gasteiger partial charge in [-0.1, -0.05) is 26.3 Å². The maximum absolute atomic E-state index is 13.2. The molecule has 1 unspecified atom stereocenters. The monoisotopic (exact) mass is 295 g/mol. The molecule has 0 aromatic heterocycles. The summed E-state index contributed by atoms with van der Waals surface area (Å²) in [4.78, 5) is 25.6. The van der Waals surface area contributed by atoms with E-state index in [-0.39, 0.29) is 18.4 Å². The van der Waals surface area contributed by atoms with E-state index in [1.807, 2.05) is 6.92 Å². The van der Waals surface area contributed by atoms with Crippen LogP contribution in [0.25, 0.3) is 0 Å². The Balaban J connectivity index is 2.85. The van der Waals surface area contributed by atoms with E-state index in [1.54, 1.807) is 17.9 Å². The van der Waals surface area contributed by atoms with Gasteiger partial charge < -0.3 is 9.64 Å². The van der Waals surface area contributed by atoms with Crippen molar-refractivity contribution in [3.05, 3.63) is 35.6 Å². The van der Waals surface area contributed by atoms with E-state index in [1.165, 1.54) is 25.3 Å². The van der Waals surface area contributed by atoms with Crippen LogP contribution in [-0.4, -0.2) is 37.0 Å². The molecule has 5 heteroatoms. The Kier molecular flexibility index (Phi) is 6.85. The van der Waals surface area contributed by atoms with Crippen LogP contribution in [0.3, 0.4) is 0 Å². The second kappa shape index (κ2) is 8.39. The second-order valence-corrected chi connectivity index (χ2v) is 5.04. The zero-order chi connectivity index (χ0) is 15.8. The molecule has 0 fully saturated rings. The molecule has 116 valence electrons. The van der Waals surface area contributed by atoms with Crippen molar-refractivity contribution in [3.8, 4) is 0 Å². The molecular formula is C16H22FNO3. The fourth-order valence-electron chi connectivity index (χ4n) is 2.04. The summed E-state index contributed by atoms with van der Waals surface area (Å²) in [5, 5.41) is 0. The maximum atomic E-state index is 13.2. The zero-order valence-electron chi connectivity index (χ0n) is 12.8. The summed E-state index contributed by atoms with van der Waals surface area (Å²) in [7, 11) is 1.32. The van der Waals surface area contributed by atoms with Gasteiger partial charge in [-0.15, -0.1) is 0 Å². The number of esters is 1. The summed E-state index contributed by atoms with van der Waals surface area (Å²) in [6, 6.07) is 5.59. The molecule has 0 heterocycles. The number of methoxy groups -OCH3 is 1. The molecule has 0 spiro atoms. The quantitative estimate of drug-likeness (QED) is 0.727. The molecule has 1 aromatic carbocycles. The average molecular weight is 295 g/mol. The number of ether oxygens (including phenoxy) is 1. The first-order valence-corrected chi connectivity index (χ1v) is 7.12. The Morgan fingerprint density at radius 1 is 1.38 bits per heavy atom. The van der Waals surface area contributed by atoms with E-state index < -0.39 is 11.7 Å². The molecule has 1 aromatic rings. The van der Waals surface area contributed by atoms with Crippen molar-refractivity contribution in [3.63, 3.8) is 0 Å². The van der Waals surface area contributed by atoms with Crippen molar-refractivity contribution in [2.75, 3.05) is 20.2 Å². The highest BCUT2D eigenvalue weighted by Gasteiger charge is 2.22. The Hall–Kier alpha value is -1.91. The molecule has 1 atom stereocenters. The predicted molar refractivity (Wildman–Crippen MR) is 78.4 cm³/mol. The topological polar surface area (TPSA) is 46.6 Å². The van der Waals surface area contributed by atoms with E-state index in [4.69, 9.17) is 0 Å². The number of carbonyl (C=O) groups excluding carboxylic acids is 2. The number of hydrogen-bond acceptors (Lipinski definition) is 3. The molecule has 0 N–H and O–H groups in total. The second-order valence-electron chi connectivity index (χ2n) is 5.04. The van der Waals surface area contributed by atoms with Crippen LogP contribution in [0.15, 0.2) is 24.3 Å². The molecule has 0 saturated carbocycles. The van der Waals surface area contributed by atoms with Gasteiger partial charge in [0.2, 0.25) is 0 Å². The average Bonchev–Trinajstić information content (AvgIpc) is 2.49. The van der Waals surface area contributed by atoms with Crippen LogP contribution in [-0.2, 0) is 9.53 Å². The van der Waals surface area contributed by atoms with Crippen LogP contribution < -0.4 is 0 Å². The first-order chi connectivity index (χ1) is 9.99. The van der Waals surface area contributed by atoms with Gasteiger partial charge in [-0.25, -0.2) is 4.39 Å². The molecule has 4 nitrogen and oxygen atoms in total. The lowest BCUT2D eigenvalue weighted by atomic mass is 10.1. The number of rotatable bonds is 7. The Morgan fingerprint density at radius 2 is 2.10 bits per heavy atom. The molecule has 0 radical (unpaired) electrons. The van der Waals surface area contributed by atoms with E-state index in [0.29, 0.717) is 12.1 Å². The number of hydrogen-bond donors (Lipinski definition) is 0. The molecule has 21 heavy (non-hydrogen) atoms. The lowest BCUT2D eigenvalue weighted by molar-refractivity contribution is -0.145. The minimum absolute atomic E-state index is 0.265. The lowest BCUT2D eigenvalue weighted by Crippen LogP contribution is -2.38. The Bertz CT molecular complexity index is 490. The number of benzene rings is 1. The fraction of sp³-hybridized carbons (Fsp3) is 0.500. The Morgan fingerprint density at radius 3 is 2.67 bits per heavy atom. The lowest BCUT2D eigenvalue weighted by Gasteiger charge is -2.25. The van der Waals surface area contributed by atoms with Gasteiger partial charge in [-0.05, 0) is 24.6 Å². The fourth-order valence-corrected chi connectivity index (χ4v) is 2.04. The van der Waals surface area contributed by atoms with E-state index in [0.717, 1.165) is 12.8 Å². The highest BCUT2D eigenvalue weighted by molar-refractivity contribution is 5.94. The third kappa shape index (κ3) is 5.17. The Labute approximate surface area is 124 Å². The highest BCUT2D eigenvalue weighted by Crippen LogP contribution is 2.11. The van der Waals surface area contributed by atoms with Gasteiger partial charge in [0.25, 0.3) is 5.91 Å². The van der Waals surface area contributed by atoms with Gasteiger partial charge in [-0.2, -0.15) is 0 Å². The largest absolute Gasteiger partial charge is 0.469 e. The highest BCUT2D eigenvalue weighted by atomic mass is 19.1. The normalized spacial score (nSPS) is 11.8. The summed E-state index contributed by atoms with van der Waals surface area (Å²) in [6.45, 7) is 4.54. The number of nitrogens with zero attached hydrogens (tertiary/aromatic N) is 1. The summed E-state index contributed by atoms with van der Waals surface area (Å²) < 4.78 is 17.9. The summed E-state index contributed by atoms with van der Waals surface area (Å²) in [5.41, 5.74) is 0.295. The van der Waals surface area contributed by atoms with Crippen LogP contribution in [0.2, 0.25) is 0 Å². The molecule has 1 rings (SSSR count). The first-order valence-electron chi connectivity index (χ1n) is 7.12. The van der Waals surface area contributed by atoms with Crippen LogP contribution in [0.4, 0.5) is 4.39 Å². The summed E-state index contributed by atoms with van der Waals surface area (Å²) in [6.07, 6.45) is 1.76. The molecular weight excluding hydrogens is 273 g/mol. The molecule has 0 aliphatic carbocycles. The maximum Gasteiger partial charge on any atom is 0.310 e. The smallest absolute Gasteiger partial charge is 0.310 e. The van der Waals surface area contributed by atoms with Crippen LogP contribution in [0.5, 0.6) is 0 Å². The van der Waals surface area contributed by atoms with Gasteiger partial charge in [-0.3, -0.25) is 9.59 Å². The number of amides is 1. The number of carbonyl (C=O) groups is 2. The zero-order valence-corrected chi connectivity index (χ0v) is 12.8. The number of unbranched alkanes of at least 4 members (excludes halogenated alkanes) is 1. The van der Waals surface area contributed by atoms with Crippen molar-refractivity contribution < 1.29 is 18.7 Å². The predicted octanol–water partition coefficient (Wildman–Crippen LogP) is 2.88. The summed E-state index contributed by atoms with van der Waals surface area (Å²) in [5.74, 6) is -1.48. The minimum atomic E-state index is -0.447. The molecule has 0 aliphatic heterocycles. The van der Waals surface area contributed by atoms with E-state index >= 15 is 0 Å². The van der Waals surface area contributed by atoms with E-state index in [9.17, 15) is 14.0 Å². The summed E-state index contributed by atoms with van der Waals surface area (Å²) >= 11 is 0. The minimum Gasteiger partial charge on any atom is -0.469 e. The molecule has 0 saturated heterocycles. The van der Waals surface area contributed by atoms with Crippen LogP contribution in [0.1, 0.15) is 37.0 Å². The first kappa shape index (κ1) is 17.1. The van der Waals surface area contributed by atoms with Gasteiger partial charge in [0.15, 0.2) is 0 Å². The SMILES string of the molecule is CCCCN(CC(C)C(=O)OC)C(=O)c1cccc(F)c1. The van der Waals surface area contributed by atoms with Crippen LogP contribution in [0, 0.1) is 11.7 Å². The number of halogens is 1. The molecule has 0 aliphatic rings. The van der Waals surface area contributed by atoms with Crippen molar-refractivity contribution in [2.45, 2.75) is 26.7 Å². The van der Waals surface area contributed by atoms with Crippen molar-refractivity contribution in [1.29, 1.82) is 0 Å². The third-order valence-electron chi connectivity index (χ3n) is 3.24. The van der Waals surface area contributed by atoms with E-state index in [2.05, 4.69) is 4.74 Å². The van der Waals surface area contributed by atoms with Gasteiger partial charge in [0.05, 0.1) is 13.0 Å². The van der Waals surface area contributed by atoms with Crippen molar-refractivity contribution in [2.24, 2.45) is 5.92 Å². The molecule has 0 bridgehead atoms. The standard InChI is InChI=1S/C16H22FNO3/c1-4-5-9-18(11-12(2)16(20)21-3)15(19)13-7-6-8-14(17)10-13/h6-8,10,12H,4-5,9,11H2,1-3H3. The van der Waals surface area contributed by atoms with Crippen molar-refractivity contribution in [1.82, 2.24) is 4.90 Å². The van der Waals surface area contributed by atoms with Gasteiger partial charge in [0.1, 0.15) is 5.82 Å². The molecule has 1 amide bonds.